The molecule has 1 aromatic carbocycles. The number of halogens is 3. The summed E-state index contributed by atoms with van der Waals surface area (Å²) in [4.78, 5) is 0. The summed E-state index contributed by atoms with van der Waals surface area (Å²) < 4.78 is 2.81. The molecule has 0 aliphatic rings. The molecule has 0 saturated carbocycles. The summed E-state index contributed by atoms with van der Waals surface area (Å²) in [7, 11) is 0. The molecule has 0 aliphatic heterocycles. The molecule has 5 heteroatoms. The Morgan fingerprint density at radius 1 is 1.39 bits per heavy atom. The van der Waals surface area contributed by atoms with E-state index in [1.807, 2.05) is 32.0 Å². The summed E-state index contributed by atoms with van der Waals surface area (Å²) in [5.41, 5.74) is 3.97. The van der Waals surface area contributed by atoms with Gasteiger partial charge in [-0.15, -0.1) is 11.6 Å². The molecule has 2 aromatic rings. The first-order chi connectivity index (χ1) is 8.58. The third-order valence-electron chi connectivity index (χ3n) is 2.86. The molecule has 2 nitrogen and oxygen atoms in total. The van der Waals surface area contributed by atoms with Gasteiger partial charge in [0.05, 0.1) is 17.3 Å². The molecule has 0 N–H and O–H groups in total. The van der Waals surface area contributed by atoms with Crippen LogP contribution in [0, 0.1) is 6.92 Å². The Morgan fingerprint density at radius 2 is 2.11 bits per heavy atom. The van der Waals surface area contributed by atoms with Gasteiger partial charge in [0.25, 0.3) is 0 Å². The van der Waals surface area contributed by atoms with Crippen LogP contribution in [0.5, 0.6) is 0 Å². The molecule has 96 valence electrons. The van der Waals surface area contributed by atoms with Crippen molar-refractivity contribution >= 4 is 39.1 Å². The number of hydrogen-bond acceptors (Lipinski definition) is 1. The van der Waals surface area contributed by atoms with Gasteiger partial charge in [0.15, 0.2) is 0 Å². The highest BCUT2D eigenvalue weighted by Crippen LogP contribution is 2.28. The Morgan fingerprint density at radius 3 is 2.61 bits per heavy atom. The van der Waals surface area contributed by atoms with E-state index in [-0.39, 0.29) is 0 Å². The number of alkyl halides is 1. The zero-order valence-electron chi connectivity index (χ0n) is 10.2. The van der Waals surface area contributed by atoms with E-state index in [9.17, 15) is 0 Å². The molecular formula is C13H13BrCl2N2. The number of aryl methyl sites for hydroxylation is 2. The predicted octanol–water partition coefficient (Wildman–Crippen LogP) is 4.90. The van der Waals surface area contributed by atoms with E-state index in [4.69, 9.17) is 23.2 Å². The van der Waals surface area contributed by atoms with Gasteiger partial charge in [0.1, 0.15) is 5.15 Å². The number of nitrogens with zero attached hydrogens (tertiary/aromatic N) is 2. The van der Waals surface area contributed by atoms with Crippen LogP contribution in [0.15, 0.2) is 22.7 Å². The van der Waals surface area contributed by atoms with Crippen LogP contribution in [0.25, 0.3) is 5.69 Å². The lowest BCUT2D eigenvalue weighted by Crippen LogP contribution is -1.99. The van der Waals surface area contributed by atoms with E-state index >= 15 is 0 Å². The van der Waals surface area contributed by atoms with Crippen molar-refractivity contribution in [3.05, 3.63) is 44.6 Å². The summed E-state index contributed by atoms with van der Waals surface area (Å²) in [6.45, 7) is 4.08. The maximum absolute atomic E-state index is 6.36. The average molecular weight is 348 g/mol. The van der Waals surface area contributed by atoms with Crippen LogP contribution in [0.4, 0.5) is 0 Å². The number of aromatic nitrogens is 2. The summed E-state index contributed by atoms with van der Waals surface area (Å²) in [5, 5.41) is 5.15. The van der Waals surface area contributed by atoms with Crippen LogP contribution in [0.3, 0.4) is 0 Å². The van der Waals surface area contributed by atoms with Crippen molar-refractivity contribution in [2.75, 3.05) is 0 Å². The molecule has 0 unspecified atom stereocenters. The van der Waals surface area contributed by atoms with Crippen LogP contribution < -0.4 is 0 Å². The fraction of sp³-hybridized carbons (Fsp3) is 0.308. The van der Waals surface area contributed by atoms with Crippen molar-refractivity contribution in [2.24, 2.45) is 0 Å². The van der Waals surface area contributed by atoms with Crippen molar-refractivity contribution in [1.29, 1.82) is 0 Å². The van der Waals surface area contributed by atoms with Crippen LogP contribution in [-0.2, 0) is 12.3 Å². The zero-order valence-corrected chi connectivity index (χ0v) is 13.3. The van der Waals surface area contributed by atoms with Gasteiger partial charge in [-0.3, -0.25) is 0 Å². The Kier molecular flexibility index (Phi) is 4.36. The second kappa shape index (κ2) is 5.64. The predicted molar refractivity (Wildman–Crippen MR) is 79.9 cm³/mol. The van der Waals surface area contributed by atoms with E-state index in [0.717, 1.165) is 33.4 Å². The highest BCUT2D eigenvalue weighted by Gasteiger charge is 2.16. The van der Waals surface area contributed by atoms with Gasteiger partial charge in [-0.25, -0.2) is 4.68 Å². The molecular weight excluding hydrogens is 335 g/mol. The third-order valence-corrected chi connectivity index (χ3v) is 4.01. The first-order valence-electron chi connectivity index (χ1n) is 5.67. The van der Waals surface area contributed by atoms with Gasteiger partial charge in [0, 0.05) is 10.0 Å². The zero-order chi connectivity index (χ0) is 13.3. The SMILES string of the molecule is CCc1nn(-c2ccc(Br)cc2C)c(Cl)c1CCl. The van der Waals surface area contributed by atoms with Gasteiger partial charge in [0.2, 0.25) is 0 Å². The highest BCUT2D eigenvalue weighted by molar-refractivity contribution is 9.10. The van der Waals surface area contributed by atoms with Crippen molar-refractivity contribution in [3.8, 4) is 5.69 Å². The molecule has 0 aliphatic carbocycles. The van der Waals surface area contributed by atoms with Crippen LogP contribution in [-0.4, -0.2) is 9.78 Å². The third kappa shape index (κ3) is 2.44. The standard InChI is InChI=1S/C13H13BrCl2N2/c1-3-11-10(7-15)13(16)18(17-11)12-5-4-9(14)6-8(12)2/h4-6H,3,7H2,1-2H3. The number of rotatable bonds is 3. The highest BCUT2D eigenvalue weighted by atomic mass is 79.9. The van der Waals surface area contributed by atoms with Gasteiger partial charge < -0.3 is 0 Å². The molecule has 0 amide bonds. The molecule has 1 heterocycles. The second-order valence-corrected chi connectivity index (χ2v) is 5.59. The molecule has 1 aromatic heterocycles. The number of benzene rings is 1. The first kappa shape index (κ1) is 13.9. The summed E-state index contributed by atoms with van der Waals surface area (Å²) >= 11 is 15.7. The van der Waals surface area contributed by atoms with E-state index < -0.39 is 0 Å². The minimum Gasteiger partial charge on any atom is -0.221 e. The molecule has 2 rings (SSSR count). The Bertz CT molecular complexity index is 579. The summed E-state index contributed by atoms with van der Waals surface area (Å²) in [5.74, 6) is 0.386. The maximum atomic E-state index is 6.36. The minimum absolute atomic E-state index is 0.386. The Balaban J connectivity index is 2.60. The van der Waals surface area contributed by atoms with Gasteiger partial charge in [-0.05, 0) is 37.1 Å². The lowest BCUT2D eigenvalue weighted by Gasteiger charge is -2.07. The van der Waals surface area contributed by atoms with Crippen molar-refractivity contribution in [2.45, 2.75) is 26.1 Å². The molecule has 0 atom stereocenters. The van der Waals surface area contributed by atoms with E-state index in [0.29, 0.717) is 11.0 Å². The average Bonchev–Trinajstić information content (AvgIpc) is 2.66. The minimum atomic E-state index is 0.386. The normalized spacial score (nSPS) is 10.9. The molecule has 18 heavy (non-hydrogen) atoms. The van der Waals surface area contributed by atoms with Gasteiger partial charge >= 0.3 is 0 Å². The summed E-state index contributed by atoms with van der Waals surface area (Å²) in [6.07, 6.45) is 0.824. The van der Waals surface area contributed by atoms with Crippen molar-refractivity contribution in [3.63, 3.8) is 0 Å². The topological polar surface area (TPSA) is 17.8 Å². The molecule has 0 spiro atoms. The van der Waals surface area contributed by atoms with Crippen LogP contribution in [0.2, 0.25) is 5.15 Å². The van der Waals surface area contributed by atoms with Crippen LogP contribution in [0.1, 0.15) is 23.7 Å². The molecule has 0 bridgehead atoms. The second-order valence-electron chi connectivity index (χ2n) is 4.05. The Labute approximate surface area is 125 Å². The maximum Gasteiger partial charge on any atom is 0.137 e. The number of hydrogen-bond donors (Lipinski definition) is 0. The molecule has 0 radical (unpaired) electrons. The van der Waals surface area contributed by atoms with E-state index in [2.05, 4.69) is 21.0 Å². The lowest BCUT2D eigenvalue weighted by atomic mass is 10.2. The van der Waals surface area contributed by atoms with Gasteiger partial charge in [-0.1, -0.05) is 34.5 Å². The Hall–Kier alpha value is -0.510. The van der Waals surface area contributed by atoms with E-state index in [1.54, 1.807) is 4.68 Å². The quantitative estimate of drug-likeness (QED) is 0.722. The molecule has 0 saturated heterocycles. The fourth-order valence-electron chi connectivity index (χ4n) is 1.90. The van der Waals surface area contributed by atoms with Crippen molar-refractivity contribution in [1.82, 2.24) is 9.78 Å². The van der Waals surface area contributed by atoms with Crippen LogP contribution >= 0.6 is 39.1 Å². The summed E-state index contributed by atoms with van der Waals surface area (Å²) in [6, 6.07) is 6.02. The van der Waals surface area contributed by atoms with Crippen molar-refractivity contribution < 1.29 is 0 Å². The van der Waals surface area contributed by atoms with Gasteiger partial charge in [-0.2, -0.15) is 5.10 Å². The monoisotopic (exact) mass is 346 g/mol. The van der Waals surface area contributed by atoms with E-state index in [1.165, 1.54) is 0 Å². The smallest absolute Gasteiger partial charge is 0.137 e. The first-order valence-corrected chi connectivity index (χ1v) is 7.37. The largest absolute Gasteiger partial charge is 0.221 e. The lowest BCUT2D eigenvalue weighted by molar-refractivity contribution is 0.836. The molecule has 0 fully saturated rings. The fourth-order valence-corrected chi connectivity index (χ4v) is 3.03.